The lowest BCUT2D eigenvalue weighted by Gasteiger charge is -2.50. The van der Waals surface area contributed by atoms with Gasteiger partial charge in [-0.1, -0.05) is 107 Å². The van der Waals surface area contributed by atoms with E-state index in [9.17, 15) is 50.9 Å². The van der Waals surface area contributed by atoms with Crippen molar-refractivity contribution in [1.29, 1.82) is 0 Å². The molecule has 2 aromatic rings. The number of non-ortho nitro benzene ring substituents is 1. The van der Waals surface area contributed by atoms with Crippen molar-refractivity contribution in [1.82, 2.24) is 5.32 Å². The summed E-state index contributed by atoms with van der Waals surface area (Å²) in [6.45, 7) is 12.5. The Morgan fingerprint density at radius 2 is 1.64 bits per heavy atom. The molecule has 2 heterocycles. The molecule has 15 nitrogen and oxygen atoms in total. The predicted octanol–water partition coefficient (Wildman–Crippen LogP) is 9.41. The van der Waals surface area contributed by atoms with Crippen LogP contribution >= 0.6 is 0 Å². The van der Waals surface area contributed by atoms with Gasteiger partial charge in [-0.15, -0.1) is 0 Å². The van der Waals surface area contributed by atoms with Gasteiger partial charge in [0.2, 0.25) is 5.91 Å². The number of hydroxylamine groups is 3. The van der Waals surface area contributed by atoms with Gasteiger partial charge in [0.1, 0.15) is 17.8 Å². The van der Waals surface area contributed by atoms with Crippen molar-refractivity contribution in [2.45, 2.75) is 108 Å². The Bertz CT molecular complexity index is 2750. The topological polar surface area (TPSA) is 224 Å². The molecule has 4 aliphatic rings. The van der Waals surface area contributed by atoms with Crippen LogP contribution in [-0.2, 0) is 41.7 Å². The smallest absolute Gasteiger partial charge is 0.338 e. The van der Waals surface area contributed by atoms with Crippen LogP contribution in [0.4, 0.5) is 11.4 Å². The Morgan fingerprint density at radius 1 is 0.942 bits per heavy atom. The van der Waals surface area contributed by atoms with Crippen LogP contribution in [0.25, 0.3) is 0 Å². The van der Waals surface area contributed by atoms with Gasteiger partial charge in [0, 0.05) is 53.4 Å². The molecule has 2 aliphatic heterocycles. The number of benzene rings is 2. The van der Waals surface area contributed by atoms with Gasteiger partial charge in [-0.2, -0.15) is 16.8 Å². The lowest BCUT2D eigenvalue weighted by Crippen LogP contribution is -2.48. The quantitative estimate of drug-likeness (QED) is 0.0165. The molecule has 3 N–H and O–H groups in total. The third-order valence-corrected chi connectivity index (χ3v) is 16.8. The average molecular weight is 987 g/mol. The highest BCUT2D eigenvalue weighted by Crippen LogP contribution is 2.56. The van der Waals surface area contributed by atoms with Crippen LogP contribution in [0, 0.1) is 38.5 Å². The molecule has 0 radical (unpaired) electrons. The molecule has 5 atom stereocenters. The molecule has 5 unspecified atom stereocenters. The maximum Gasteiger partial charge on any atom is 0.338 e. The molecule has 0 aromatic heterocycles. The van der Waals surface area contributed by atoms with E-state index in [0.717, 1.165) is 59.3 Å². The maximum absolute atomic E-state index is 12.8. The van der Waals surface area contributed by atoms with E-state index < -0.39 is 51.3 Å². The first-order valence-corrected chi connectivity index (χ1v) is 26.5. The number of carbonyl (C=O) groups is 2. The highest BCUT2D eigenvalue weighted by molar-refractivity contribution is 7.87. The molecule has 69 heavy (non-hydrogen) atoms. The third-order valence-electron chi connectivity index (χ3n) is 14.5. The molecule has 0 saturated carbocycles. The fraction of sp³-hybridized carbons (Fsp3) is 0.462. The molecule has 2 aromatic carbocycles. The number of allylic oxidation sites excluding steroid dienone is 11. The first kappa shape index (κ1) is 53.1. The summed E-state index contributed by atoms with van der Waals surface area (Å²) in [5.74, 6) is -0.584. The Hall–Kier alpha value is -5.30. The SMILES string of the molecule is CC1CC(C)(S(=O)(=O)O)C=C2C1C(CCCc1ccc([N+](=O)[O-])cc1)C=C(/C=C/C=C/C=C/C=C1/N(CCCCCC(=O)NCC[N+]3([O-])CC=CC3=O)c3ccc(S(=O)(=O)O)cc3C1(C)C)C2(C)C. The van der Waals surface area contributed by atoms with E-state index in [1.54, 1.807) is 37.3 Å². The monoisotopic (exact) mass is 986 g/mol. The molecule has 0 spiro atoms. The number of anilines is 1. The molecule has 6 rings (SSSR count). The minimum absolute atomic E-state index is 0.0201. The fourth-order valence-electron chi connectivity index (χ4n) is 10.6. The van der Waals surface area contributed by atoms with Gasteiger partial charge in [0.25, 0.3) is 25.9 Å². The Morgan fingerprint density at radius 3 is 2.29 bits per heavy atom. The van der Waals surface area contributed by atoms with Crippen LogP contribution in [0.2, 0.25) is 0 Å². The van der Waals surface area contributed by atoms with Crippen molar-refractivity contribution in [2.24, 2.45) is 23.2 Å². The average Bonchev–Trinajstić information content (AvgIpc) is 3.70. The molecule has 17 heteroatoms. The number of nitrogens with zero attached hydrogens (tertiary/aromatic N) is 3. The summed E-state index contributed by atoms with van der Waals surface area (Å²) in [5.41, 5.74) is 4.35. The van der Waals surface area contributed by atoms with Crippen molar-refractivity contribution in [3.8, 4) is 0 Å². The second kappa shape index (κ2) is 21.0. The first-order valence-electron chi connectivity index (χ1n) is 23.6. The number of rotatable bonds is 20. The maximum atomic E-state index is 12.8. The lowest BCUT2D eigenvalue weighted by molar-refractivity contribution is -0.790. The zero-order chi connectivity index (χ0) is 50.6. The van der Waals surface area contributed by atoms with Crippen LogP contribution in [-0.4, -0.2) is 78.3 Å². The summed E-state index contributed by atoms with van der Waals surface area (Å²) in [6.07, 6.45) is 25.4. The van der Waals surface area contributed by atoms with E-state index in [1.807, 2.05) is 56.4 Å². The Kier molecular flexibility index (Phi) is 16.1. The van der Waals surface area contributed by atoms with Crippen molar-refractivity contribution in [3.63, 3.8) is 0 Å². The van der Waals surface area contributed by atoms with E-state index in [1.165, 1.54) is 30.3 Å². The highest BCUT2D eigenvalue weighted by atomic mass is 32.2. The van der Waals surface area contributed by atoms with Crippen LogP contribution in [0.1, 0.15) is 97.6 Å². The molecule has 372 valence electrons. The summed E-state index contributed by atoms with van der Waals surface area (Å²) in [7, 11) is -8.85. The number of quaternary nitrogens is 1. The van der Waals surface area contributed by atoms with Gasteiger partial charge in [0.05, 0.1) is 16.4 Å². The molecule has 2 aliphatic carbocycles. The standard InChI is InChI=1S/C52H66N4O11S2/c1-37-35-52(6,69(65,66)67)36-44-49(37)39(18-15-17-38-23-25-41(26-24-38)55(59)60)33-40(50(44,2)3)19-11-8-7-9-12-20-46-51(4,5)43-34-42(68(62,63)64)27-28-45(43)54(46)30-14-10-13-21-47(57)53-29-32-56(61)31-16-22-48(56)58/h7-9,11-12,16,19-20,22-28,33-34,36-37,39,49H,10,13-15,17-18,21,29-32,35H2,1-6H3,(H,53,57)(H,62,63,64)(H,65,66,67)/b8-7+,12-9+,19-11+,46-20+. The molecule has 2 amide bonds. The van der Waals surface area contributed by atoms with Crippen LogP contribution < -0.4 is 10.2 Å². The minimum Gasteiger partial charge on any atom is -0.625 e. The highest BCUT2D eigenvalue weighted by Gasteiger charge is 2.51. The van der Waals surface area contributed by atoms with E-state index in [-0.39, 0.29) is 60.3 Å². The predicted molar refractivity (Wildman–Crippen MR) is 268 cm³/mol. The number of amides is 2. The fourth-order valence-corrected chi connectivity index (χ4v) is 11.8. The number of fused-ring (bicyclic) bond motifs is 2. The van der Waals surface area contributed by atoms with Crippen molar-refractivity contribution >= 4 is 43.4 Å². The van der Waals surface area contributed by atoms with Crippen LogP contribution in [0.15, 0.2) is 131 Å². The largest absolute Gasteiger partial charge is 0.625 e. The minimum atomic E-state index is -4.45. The van der Waals surface area contributed by atoms with Gasteiger partial charge >= 0.3 is 5.91 Å². The van der Waals surface area contributed by atoms with Crippen molar-refractivity contribution in [2.75, 3.05) is 31.1 Å². The number of nitro benzene ring substituents is 1. The Balaban J connectivity index is 1.15. The number of nitro groups is 1. The molecule has 0 fully saturated rings. The molecular weight excluding hydrogens is 921 g/mol. The van der Waals surface area contributed by atoms with E-state index in [4.69, 9.17) is 0 Å². The second-order valence-corrected chi connectivity index (χ2v) is 23.4. The van der Waals surface area contributed by atoms with Gasteiger partial charge in [0.15, 0.2) is 0 Å². The molecular formula is C52H66N4O11S2. The van der Waals surface area contributed by atoms with Crippen LogP contribution in [0.3, 0.4) is 0 Å². The van der Waals surface area contributed by atoms with E-state index >= 15 is 0 Å². The zero-order valence-corrected chi connectivity index (χ0v) is 42.0. The van der Waals surface area contributed by atoms with Gasteiger partial charge in [-0.05, 0) is 110 Å². The number of unbranched alkanes of at least 4 members (excludes halogenated alkanes) is 2. The number of hydrogen-bond acceptors (Lipinski definition) is 10. The third kappa shape index (κ3) is 12.0. The van der Waals surface area contributed by atoms with E-state index in [0.29, 0.717) is 25.8 Å². The summed E-state index contributed by atoms with van der Waals surface area (Å²) >= 11 is 0. The summed E-state index contributed by atoms with van der Waals surface area (Å²) in [4.78, 5) is 37.0. The summed E-state index contributed by atoms with van der Waals surface area (Å²) < 4.78 is 67.7. The van der Waals surface area contributed by atoms with Crippen molar-refractivity contribution in [3.05, 3.63) is 153 Å². The summed E-state index contributed by atoms with van der Waals surface area (Å²) in [5, 5.41) is 26.4. The number of aryl methyl sites for hydroxylation is 1. The van der Waals surface area contributed by atoms with Gasteiger partial charge in [-0.25, -0.2) is 4.79 Å². The zero-order valence-electron chi connectivity index (χ0n) is 40.3. The summed E-state index contributed by atoms with van der Waals surface area (Å²) in [6, 6.07) is 11.2. The second-order valence-electron chi connectivity index (χ2n) is 20.1. The van der Waals surface area contributed by atoms with Gasteiger partial charge in [-0.3, -0.25) is 28.7 Å². The first-order chi connectivity index (χ1) is 32.3. The van der Waals surface area contributed by atoms with Crippen molar-refractivity contribution < 1.29 is 45.1 Å². The lowest BCUT2D eigenvalue weighted by atomic mass is 9.56. The van der Waals surface area contributed by atoms with Gasteiger partial charge < -0.3 is 15.4 Å². The van der Waals surface area contributed by atoms with Crippen LogP contribution in [0.5, 0.6) is 0 Å². The molecule has 0 bridgehead atoms. The van der Waals surface area contributed by atoms with E-state index in [2.05, 4.69) is 37.1 Å². The number of hydrogen-bond donors (Lipinski definition) is 3. The number of nitrogens with one attached hydrogen (secondary N) is 1. The normalized spacial score (nSPS) is 25.9. The molecule has 0 saturated heterocycles. The number of carbonyl (C=O) groups excluding carboxylic acids is 2. The Labute approximate surface area is 406 Å².